The van der Waals surface area contributed by atoms with Crippen LogP contribution in [0.2, 0.25) is 0 Å². The molecule has 0 aliphatic rings. The molecule has 3 aromatic heterocycles. The Morgan fingerprint density at radius 3 is 2.62 bits per heavy atom. The van der Waals surface area contributed by atoms with Crippen molar-refractivity contribution in [2.45, 2.75) is 24.5 Å². The van der Waals surface area contributed by atoms with Crippen LogP contribution < -0.4 is 0 Å². The van der Waals surface area contributed by atoms with E-state index >= 15 is 0 Å². The molecule has 0 radical (unpaired) electrons. The quantitative estimate of drug-likeness (QED) is 0.408. The number of halogens is 6. The third-order valence-corrected chi connectivity index (χ3v) is 5.50. The lowest BCUT2D eigenvalue weighted by Crippen LogP contribution is -2.15. The highest BCUT2D eigenvalue weighted by atomic mass is 35.5. The number of hydrogen-bond donors (Lipinski definition) is 0. The fourth-order valence-electron chi connectivity index (χ4n) is 2.28. The number of fused-ring (bicyclic) bond motifs is 1. The Labute approximate surface area is 166 Å². The van der Waals surface area contributed by atoms with Crippen LogP contribution in [0.4, 0.5) is 22.0 Å². The molecule has 0 fully saturated rings. The van der Waals surface area contributed by atoms with Gasteiger partial charge in [0.15, 0.2) is 0 Å². The van der Waals surface area contributed by atoms with E-state index in [9.17, 15) is 26.2 Å². The lowest BCUT2D eigenvalue weighted by molar-refractivity contribution is -0.129. The van der Waals surface area contributed by atoms with Crippen LogP contribution in [-0.2, 0) is 21.7 Å². The number of pyridine rings is 1. The molecule has 14 heteroatoms. The van der Waals surface area contributed by atoms with Crippen LogP contribution in [0.25, 0.3) is 17.0 Å². The first kappa shape index (κ1) is 21.4. The Bertz CT molecular complexity index is 1140. The molecule has 0 saturated heterocycles. The van der Waals surface area contributed by atoms with Gasteiger partial charge in [-0.05, 0) is 23.7 Å². The van der Waals surface area contributed by atoms with E-state index in [1.807, 2.05) is 0 Å². The third-order valence-electron chi connectivity index (χ3n) is 3.70. The van der Waals surface area contributed by atoms with E-state index in [0.717, 1.165) is 6.26 Å². The predicted octanol–water partition coefficient (Wildman–Crippen LogP) is 4.22. The monoisotopic (exact) mass is 457 g/mol. The predicted molar refractivity (Wildman–Crippen MR) is 94.0 cm³/mol. The maximum atomic E-state index is 13.0. The van der Waals surface area contributed by atoms with Crippen LogP contribution >= 0.6 is 11.6 Å². The minimum atomic E-state index is -4.41. The summed E-state index contributed by atoms with van der Waals surface area (Å²) < 4.78 is 84.8. The van der Waals surface area contributed by atoms with Gasteiger partial charge in [0.05, 0.1) is 18.7 Å². The summed E-state index contributed by atoms with van der Waals surface area (Å²) in [6.07, 6.45) is -1.34. The van der Waals surface area contributed by atoms with Gasteiger partial charge in [-0.3, -0.25) is 4.21 Å². The van der Waals surface area contributed by atoms with E-state index in [4.69, 9.17) is 11.6 Å². The van der Waals surface area contributed by atoms with Crippen LogP contribution in [0.15, 0.2) is 33.4 Å². The van der Waals surface area contributed by atoms with Crippen molar-refractivity contribution in [3.63, 3.8) is 0 Å². The average molecular weight is 458 g/mol. The Balaban J connectivity index is 1.80. The molecule has 3 aromatic rings. The van der Waals surface area contributed by atoms with Gasteiger partial charge < -0.3 is 8.92 Å². The molecule has 3 heterocycles. The van der Waals surface area contributed by atoms with Crippen molar-refractivity contribution in [1.29, 1.82) is 0 Å². The highest BCUT2D eigenvalue weighted by Gasteiger charge is 2.35. The van der Waals surface area contributed by atoms with E-state index in [1.165, 1.54) is 12.1 Å². The number of alkyl halides is 6. The molecular weight excluding hydrogens is 445 g/mol. The summed E-state index contributed by atoms with van der Waals surface area (Å²) in [4.78, 5) is 7.76. The minimum absolute atomic E-state index is 0.124. The minimum Gasteiger partial charge on any atom is -0.331 e. The standard InChI is InChI=1S/C15H13ClF5N5O2S/c1-29(27,5-3-14(17,18)19)22-7-10-8-26-4-2-9(6-11(26)23-10)12-24-13(28-25-12)15(16,20)21/h2,4,6,8H,3,5,7H2,1H3. The Kier molecular flexibility index (Phi) is 5.56. The van der Waals surface area contributed by atoms with Crippen molar-refractivity contribution in [3.8, 4) is 11.4 Å². The topological polar surface area (TPSA) is 85.7 Å². The number of imidazole rings is 1. The second-order valence-corrected chi connectivity index (χ2v) is 9.21. The number of rotatable bonds is 6. The molecule has 1 unspecified atom stereocenters. The third kappa shape index (κ3) is 5.63. The van der Waals surface area contributed by atoms with Gasteiger partial charge in [0.2, 0.25) is 5.82 Å². The van der Waals surface area contributed by atoms with Crippen LogP contribution in [0.5, 0.6) is 0 Å². The van der Waals surface area contributed by atoms with Gasteiger partial charge in [0.1, 0.15) is 5.65 Å². The summed E-state index contributed by atoms with van der Waals surface area (Å²) in [6.45, 7) is -0.144. The Morgan fingerprint density at radius 2 is 2.00 bits per heavy atom. The molecule has 0 bridgehead atoms. The van der Waals surface area contributed by atoms with E-state index in [0.29, 0.717) is 16.9 Å². The summed E-state index contributed by atoms with van der Waals surface area (Å²) in [5.74, 6) is -1.77. The van der Waals surface area contributed by atoms with Crippen molar-refractivity contribution in [2.24, 2.45) is 4.36 Å². The molecule has 158 valence electrons. The van der Waals surface area contributed by atoms with Gasteiger partial charge >= 0.3 is 17.4 Å². The zero-order valence-electron chi connectivity index (χ0n) is 14.7. The van der Waals surface area contributed by atoms with Gasteiger partial charge in [-0.15, -0.1) is 0 Å². The fourth-order valence-corrected chi connectivity index (χ4v) is 3.50. The van der Waals surface area contributed by atoms with Crippen LogP contribution in [0.3, 0.4) is 0 Å². The summed E-state index contributed by atoms with van der Waals surface area (Å²) in [5.41, 5.74) is 1.06. The van der Waals surface area contributed by atoms with E-state index in [-0.39, 0.29) is 12.4 Å². The molecule has 29 heavy (non-hydrogen) atoms. The summed E-state index contributed by atoms with van der Waals surface area (Å²) >= 11 is 4.83. The molecule has 0 spiro atoms. The van der Waals surface area contributed by atoms with Crippen molar-refractivity contribution in [3.05, 3.63) is 36.1 Å². The summed E-state index contributed by atoms with van der Waals surface area (Å²) in [7, 11) is -3.02. The van der Waals surface area contributed by atoms with Gasteiger partial charge in [0, 0.05) is 39.7 Å². The van der Waals surface area contributed by atoms with Gasteiger partial charge in [-0.2, -0.15) is 26.9 Å². The molecule has 0 aliphatic carbocycles. The van der Waals surface area contributed by atoms with Crippen LogP contribution in [0.1, 0.15) is 18.0 Å². The van der Waals surface area contributed by atoms with Gasteiger partial charge in [0.25, 0.3) is 0 Å². The molecule has 3 rings (SSSR count). The lowest BCUT2D eigenvalue weighted by Gasteiger charge is -2.07. The largest absolute Gasteiger partial charge is 0.400 e. The first-order valence-electron chi connectivity index (χ1n) is 7.94. The van der Waals surface area contributed by atoms with Crippen LogP contribution in [0, 0.1) is 0 Å². The smallest absolute Gasteiger partial charge is 0.331 e. The average Bonchev–Trinajstić information content (AvgIpc) is 3.23. The van der Waals surface area contributed by atoms with Gasteiger partial charge in [-0.1, -0.05) is 5.16 Å². The maximum Gasteiger partial charge on any atom is 0.400 e. The Morgan fingerprint density at radius 1 is 1.28 bits per heavy atom. The normalized spacial score (nSPS) is 14.9. The zero-order chi connectivity index (χ0) is 21.4. The zero-order valence-corrected chi connectivity index (χ0v) is 16.2. The lowest BCUT2D eigenvalue weighted by atomic mass is 10.2. The number of nitrogens with zero attached hydrogens (tertiary/aromatic N) is 5. The second kappa shape index (κ2) is 7.52. The van der Waals surface area contributed by atoms with Gasteiger partial charge in [-0.25, -0.2) is 9.35 Å². The molecule has 7 nitrogen and oxygen atoms in total. The molecule has 0 saturated carbocycles. The van der Waals surface area contributed by atoms with E-state index in [2.05, 4.69) is 24.0 Å². The Hall–Kier alpha value is -2.28. The highest BCUT2D eigenvalue weighted by molar-refractivity contribution is 7.92. The molecule has 0 aromatic carbocycles. The number of aromatic nitrogens is 4. The maximum absolute atomic E-state index is 13.0. The molecular formula is C15H13ClF5N5O2S. The van der Waals surface area contributed by atoms with Crippen molar-refractivity contribution >= 4 is 27.0 Å². The second-order valence-electron chi connectivity index (χ2n) is 6.15. The molecule has 0 N–H and O–H groups in total. The molecule has 1 atom stereocenters. The van der Waals surface area contributed by atoms with Crippen molar-refractivity contribution in [1.82, 2.24) is 19.5 Å². The first-order chi connectivity index (χ1) is 13.3. The van der Waals surface area contributed by atoms with Crippen molar-refractivity contribution in [2.75, 3.05) is 12.0 Å². The summed E-state index contributed by atoms with van der Waals surface area (Å²) in [5, 5.41) is -0.355. The van der Waals surface area contributed by atoms with Crippen LogP contribution in [-0.4, -0.2) is 41.9 Å². The van der Waals surface area contributed by atoms with E-state index < -0.39 is 39.4 Å². The molecule has 0 amide bonds. The van der Waals surface area contributed by atoms with Crippen molar-refractivity contribution < 1.29 is 30.7 Å². The fraction of sp³-hybridized carbons (Fsp3) is 0.400. The highest BCUT2D eigenvalue weighted by Crippen LogP contribution is 2.32. The first-order valence-corrected chi connectivity index (χ1v) is 10.4. The van der Waals surface area contributed by atoms with E-state index in [1.54, 1.807) is 16.8 Å². The SMILES string of the molecule is CS(=O)(CCC(F)(F)F)=NCc1cn2ccc(-c3noc(C(F)(F)Cl)n3)cc2n1. The summed E-state index contributed by atoms with van der Waals surface area (Å²) in [6, 6.07) is 3.00. The number of hydrogen-bond acceptors (Lipinski definition) is 6. The molecule has 0 aliphatic heterocycles.